The van der Waals surface area contributed by atoms with Gasteiger partial charge in [-0.15, -0.1) is 11.8 Å². The SMILES string of the molecule is Cc1c(O)cccc1C(=O)NC(Cc1ccccc1)C(O)C(=O)N1CSC(C)(C)C1C(=O)NCc1ccco1. The summed E-state index contributed by atoms with van der Waals surface area (Å²) in [6.45, 7) is 5.54. The first-order valence-corrected chi connectivity index (χ1v) is 13.6. The van der Waals surface area contributed by atoms with Gasteiger partial charge in [0.25, 0.3) is 11.8 Å². The van der Waals surface area contributed by atoms with Gasteiger partial charge in [-0.2, -0.15) is 0 Å². The molecule has 0 radical (unpaired) electrons. The van der Waals surface area contributed by atoms with E-state index in [0.29, 0.717) is 11.3 Å². The van der Waals surface area contributed by atoms with Gasteiger partial charge in [-0.05, 0) is 57.0 Å². The second-order valence-electron chi connectivity index (χ2n) is 10.0. The molecule has 3 amide bonds. The Bertz CT molecular complexity index is 1310. The molecule has 39 heavy (non-hydrogen) atoms. The van der Waals surface area contributed by atoms with Crippen molar-refractivity contribution in [1.29, 1.82) is 0 Å². The molecule has 3 aromatic rings. The summed E-state index contributed by atoms with van der Waals surface area (Å²) >= 11 is 1.44. The molecule has 3 atom stereocenters. The van der Waals surface area contributed by atoms with Gasteiger partial charge in [-0.25, -0.2) is 0 Å². The number of nitrogens with zero attached hydrogens (tertiary/aromatic N) is 1. The van der Waals surface area contributed by atoms with Crippen LogP contribution in [0.2, 0.25) is 0 Å². The van der Waals surface area contributed by atoms with Crippen LogP contribution in [0.1, 0.15) is 41.1 Å². The normalized spacial score (nSPS) is 17.8. The van der Waals surface area contributed by atoms with E-state index < -0.39 is 34.7 Å². The molecule has 0 saturated carbocycles. The summed E-state index contributed by atoms with van der Waals surface area (Å²) in [5, 5.41) is 27.0. The van der Waals surface area contributed by atoms with Crippen molar-refractivity contribution in [3.05, 3.63) is 89.4 Å². The molecule has 10 heteroatoms. The average molecular weight is 552 g/mol. The van der Waals surface area contributed by atoms with E-state index in [2.05, 4.69) is 10.6 Å². The van der Waals surface area contributed by atoms with E-state index in [-0.39, 0.29) is 36.1 Å². The van der Waals surface area contributed by atoms with Crippen LogP contribution in [0.15, 0.2) is 71.3 Å². The number of hydrogen-bond acceptors (Lipinski definition) is 7. The van der Waals surface area contributed by atoms with Gasteiger partial charge < -0.3 is 30.2 Å². The molecule has 3 unspecified atom stereocenters. The molecule has 2 heterocycles. The van der Waals surface area contributed by atoms with Crippen molar-refractivity contribution in [2.24, 2.45) is 0 Å². The average Bonchev–Trinajstić information content (AvgIpc) is 3.55. The van der Waals surface area contributed by atoms with Crippen LogP contribution in [-0.4, -0.2) is 61.6 Å². The first-order valence-electron chi connectivity index (χ1n) is 12.6. The van der Waals surface area contributed by atoms with Crippen molar-refractivity contribution in [1.82, 2.24) is 15.5 Å². The van der Waals surface area contributed by atoms with Crippen LogP contribution in [0.4, 0.5) is 0 Å². The molecule has 1 aromatic heterocycles. The summed E-state index contributed by atoms with van der Waals surface area (Å²) in [5.41, 5.74) is 1.44. The molecule has 206 valence electrons. The van der Waals surface area contributed by atoms with Gasteiger partial charge in [0, 0.05) is 15.9 Å². The number of aromatic hydroxyl groups is 1. The van der Waals surface area contributed by atoms with Crippen molar-refractivity contribution < 1.29 is 29.0 Å². The summed E-state index contributed by atoms with van der Waals surface area (Å²) in [5.74, 6) is -0.781. The molecule has 0 aliphatic carbocycles. The third-order valence-corrected chi connectivity index (χ3v) is 8.27. The minimum atomic E-state index is -1.62. The molecular formula is C29H33N3O6S. The highest BCUT2D eigenvalue weighted by atomic mass is 32.2. The number of carbonyl (C=O) groups excluding carboxylic acids is 3. The van der Waals surface area contributed by atoms with Gasteiger partial charge in [0.1, 0.15) is 17.6 Å². The fourth-order valence-electron chi connectivity index (χ4n) is 4.66. The zero-order chi connectivity index (χ0) is 28.2. The van der Waals surface area contributed by atoms with E-state index in [1.54, 1.807) is 31.2 Å². The number of hydrogen-bond donors (Lipinski definition) is 4. The summed E-state index contributed by atoms with van der Waals surface area (Å²) < 4.78 is 4.68. The van der Waals surface area contributed by atoms with E-state index in [4.69, 9.17) is 4.42 Å². The van der Waals surface area contributed by atoms with E-state index in [1.165, 1.54) is 29.0 Å². The van der Waals surface area contributed by atoms with Crippen molar-refractivity contribution in [3.8, 4) is 5.75 Å². The highest BCUT2D eigenvalue weighted by Gasteiger charge is 2.49. The maximum Gasteiger partial charge on any atom is 0.254 e. The van der Waals surface area contributed by atoms with Crippen LogP contribution in [-0.2, 0) is 22.6 Å². The standard InChI is InChI=1S/C29H33N3O6S/c1-18-21(12-7-13-23(18)33)26(35)31-22(15-19-9-5-4-6-10-19)24(34)28(37)32-17-39-29(2,3)25(32)27(36)30-16-20-11-8-14-38-20/h4-14,22,24-25,33-34H,15-17H2,1-3H3,(H,30,36)(H,31,35). The fourth-order valence-corrected chi connectivity index (χ4v) is 5.80. The second-order valence-corrected chi connectivity index (χ2v) is 11.6. The Labute approximate surface area is 231 Å². The number of thioether (sulfide) groups is 1. The monoisotopic (exact) mass is 551 g/mol. The Morgan fingerprint density at radius 3 is 2.54 bits per heavy atom. The van der Waals surface area contributed by atoms with E-state index in [1.807, 2.05) is 44.2 Å². The number of amides is 3. The highest BCUT2D eigenvalue weighted by molar-refractivity contribution is 8.00. The maximum atomic E-state index is 13.7. The summed E-state index contributed by atoms with van der Waals surface area (Å²) in [6, 6.07) is 15.4. The van der Waals surface area contributed by atoms with Gasteiger partial charge in [0.05, 0.1) is 24.7 Å². The largest absolute Gasteiger partial charge is 0.508 e. The van der Waals surface area contributed by atoms with E-state index in [0.717, 1.165) is 5.56 Å². The van der Waals surface area contributed by atoms with Gasteiger partial charge in [0.2, 0.25) is 5.91 Å². The number of furan rings is 1. The van der Waals surface area contributed by atoms with Crippen molar-refractivity contribution in [3.63, 3.8) is 0 Å². The van der Waals surface area contributed by atoms with Crippen LogP contribution in [0.25, 0.3) is 0 Å². The number of phenols is 1. The molecule has 1 aliphatic heterocycles. The molecule has 4 N–H and O–H groups in total. The lowest BCUT2D eigenvalue weighted by molar-refractivity contribution is -0.147. The quantitative estimate of drug-likeness (QED) is 0.321. The number of carbonyl (C=O) groups is 3. The molecule has 0 spiro atoms. The minimum Gasteiger partial charge on any atom is -0.508 e. The zero-order valence-electron chi connectivity index (χ0n) is 22.1. The maximum absolute atomic E-state index is 13.7. The Morgan fingerprint density at radius 1 is 1.10 bits per heavy atom. The Balaban J connectivity index is 1.56. The summed E-state index contributed by atoms with van der Waals surface area (Å²) in [7, 11) is 0. The van der Waals surface area contributed by atoms with Gasteiger partial charge in [-0.1, -0.05) is 36.4 Å². The first kappa shape index (κ1) is 28.3. The predicted molar refractivity (Wildman–Crippen MR) is 148 cm³/mol. The number of aliphatic hydroxyl groups excluding tert-OH is 1. The van der Waals surface area contributed by atoms with Gasteiger partial charge in [-0.3, -0.25) is 14.4 Å². The van der Waals surface area contributed by atoms with Crippen LogP contribution in [0, 0.1) is 6.92 Å². The molecule has 9 nitrogen and oxygen atoms in total. The van der Waals surface area contributed by atoms with Crippen LogP contribution in [0.5, 0.6) is 5.75 Å². The third kappa shape index (κ3) is 6.46. The Kier molecular flexibility index (Phi) is 8.66. The van der Waals surface area contributed by atoms with Crippen LogP contribution in [0.3, 0.4) is 0 Å². The van der Waals surface area contributed by atoms with Crippen LogP contribution >= 0.6 is 11.8 Å². The molecule has 2 aromatic carbocycles. The highest BCUT2D eigenvalue weighted by Crippen LogP contribution is 2.40. The first-order chi connectivity index (χ1) is 18.6. The van der Waals surface area contributed by atoms with E-state index >= 15 is 0 Å². The van der Waals surface area contributed by atoms with Gasteiger partial charge in [0.15, 0.2) is 6.10 Å². The second kappa shape index (κ2) is 12.0. The van der Waals surface area contributed by atoms with Gasteiger partial charge >= 0.3 is 0 Å². The predicted octanol–water partition coefficient (Wildman–Crippen LogP) is 2.99. The summed E-state index contributed by atoms with van der Waals surface area (Å²) in [6.07, 6.45) is 0.0706. The Hall–Kier alpha value is -3.76. The van der Waals surface area contributed by atoms with Crippen molar-refractivity contribution in [2.75, 3.05) is 5.88 Å². The summed E-state index contributed by atoms with van der Waals surface area (Å²) in [4.78, 5) is 41.6. The minimum absolute atomic E-state index is 0.0291. The molecule has 4 rings (SSSR count). The molecule has 1 fully saturated rings. The van der Waals surface area contributed by atoms with Crippen molar-refractivity contribution >= 4 is 29.5 Å². The fraction of sp³-hybridized carbons (Fsp3) is 0.345. The van der Waals surface area contributed by atoms with E-state index in [9.17, 15) is 24.6 Å². The number of benzene rings is 2. The zero-order valence-corrected chi connectivity index (χ0v) is 22.9. The van der Waals surface area contributed by atoms with Crippen molar-refractivity contribution in [2.45, 2.75) is 56.7 Å². The molecule has 1 saturated heterocycles. The molecule has 0 bridgehead atoms. The van der Waals surface area contributed by atoms with Crippen LogP contribution < -0.4 is 10.6 Å². The molecular weight excluding hydrogens is 518 g/mol. The number of rotatable bonds is 9. The Morgan fingerprint density at radius 2 is 1.85 bits per heavy atom. The molecule has 1 aliphatic rings. The lowest BCUT2D eigenvalue weighted by Crippen LogP contribution is -2.58. The number of nitrogens with one attached hydrogen (secondary N) is 2. The third-order valence-electron chi connectivity index (χ3n) is 6.89. The number of aliphatic hydroxyl groups is 1. The lowest BCUT2D eigenvalue weighted by Gasteiger charge is -2.33. The lowest BCUT2D eigenvalue weighted by atomic mass is 9.96. The smallest absolute Gasteiger partial charge is 0.254 e. The topological polar surface area (TPSA) is 132 Å². The number of phenolic OH excluding ortho intramolecular Hbond substituents is 1.